The monoisotopic (exact) mass is 376 g/mol. The van der Waals surface area contributed by atoms with Crippen LogP contribution < -0.4 is 15.5 Å². The maximum atomic E-state index is 12.2. The van der Waals surface area contributed by atoms with Crippen LogP contribution in [0.25, 0.3) is 0 Å². The fourth-order valence-electron chi connectivity index (χ4n) is 3.01. The molecule has 0 aliphatic carbocycles. The lowest BCUT2D eigenvalue weighted by Gasteiger charge is -2.29. The Kier molecular flexibility index (Phi) is 9.36. The van der Waals surface area contributed by atoms with E-state index in [0.29, 0.717) is 6.54 Å². The molecule has 2 fully saturated rings. The number of pyridine rings is 1. The second-order valence-corrected chi connectivity index (χ2v) is 5.81. The Morgan fingerprint density at radius 2 is 2.12 bits per heavy atom. The molecule has 1 aromatic heterocycles. The van der Waals surface area contributed by atoms with Gasteiger partial charge in [0.1, 0.15) is 5.82 Å². The standard InChI is InChI=1S/C16H24N4O2.2ClH/c21-16(14-5-1-2-6-17-14)19-12-13-4-3-7-18-15(13)20-8-10-22-11-9-20;;/h3-4,7,14,17H,1-2,5-6,8-12H2,(H,19,21);2*1H. The van der Waals surface area contributed by atoms with Crippen molar-refractivity contribution in [3.05, 3.63) is 23.9 Å². The normalized spacial score (nSPS) is 20.5. The number of morpholine rings is 1. The highest BCUT2D eigenvalue weighted by Gasteiger charge is 2.21. The van der Waals surface area contributed by atoms with Crippen molar-refractivity contribution in [2.75, 3.05) is 37.7 Å². The largest absolute Gasteiger partial charge is 0.378 e. The molecule has 1 unspecified atom stereocenters. The van der Waals surface area contributed by atoms with Crippen molar-refractivity contribution in [1.82, 2.24) is 15.6 Å². The number of nitrogens with zero attached hydrogens (tertiary/aromatic N) is 2. The Labute approximate surface area is 155 Å². The number of amides is 1. The van der Waals surface area contributed by atoms with Crippen LogP contribution in [0.4, 0.5) is 5.82 Å². The molecular weight excluding hydrogens is 351 g/mol. The molecule has 0 radical (unpaired) electrons. The third-order valence-corrected chi connectivity index (χ3v) is 4.26. The van der Waals surface area contributed by atoms with E-state index in [0.717, 1.165) is 63.5 Å². The topological polar surface area (TPSA) is 66.5 Å². The Morgan fingerprint density at radius 1 is 1.33 bits per heavy atom. The third kappa shape index (κ3) is 5.48. The fraction of sp³-hybridized carbons (Fsp3) is 0.625. The maximum Gasteiger partial charge on any atom is 0.237 e. The van der Waals surface area contributed by atoms with Crippen molar-refractivity contribution < 1.29 is 9.53 Å². The first-order valence-corrected chi connectivity index (χ1v) is 8.12. The van der Waals surface area contributed by atoms with Gasteiger partial charge in [-0.25, -0.2) is 4.98 Å². The summed E-state index contributed by atoms with van der Waals surface area (Å²) < 4.78 is 5.39. The van der Waals surface area contributed by atoms with E-state index in [-0.39, 0.29) is 36.8 Å². The van der Waals surface area contributed by atoms with Crippen molar-refractivity contribution >= 4 is 36.5 Å². The van der Waals surface area contributed by atoms with Crippen LogP contribution in [0.1, 0.15) is 24.8 Å². The van der Waals surface area contributed by atoms with Gasteiger partial charge >= 0.3 is 0 Å². The van der Waals surface area contributed by atoms with Gasteiger partial charge in [0.25, 0.3) is 0 Å². The molecule has 2 aliphatic heterocycles. The highest BCUT2D eigenvalue weighted by Crippen LogP contribution is 2.18. The van der Waals surface area contributed by atoms with E-state index in [4.69, 9.17) is 4.74 Å². The second-order valence-electron chi connectivity index (χ2n) is 5.81. The molecule has 0 aromatic carbocycles. The highest BCUT2D eigenvalue weighted by atomic mass is 35.5. The van der Waals surface area contributed by atoms with Gasteiger partial charge in [0.15, 0.2) is 0 Å². The van der Waals surface area contributed by atoms with Gasteiger partial charge in [-0.15, -0.1) is 24.8 Å². The lowest BCUT2D eigenvalue weighted by atomic mass is 10.0. The summed E-state index contributed by atoms with van der Waals surface area (Å²) >= 11 is 0. The molecule has 0 spiro atoms. The SMILES string of the molecule is Cl.Cl.O=C(NCc1cccnc1N1CCOCC1)C1CCCCN1. The third-order valence-electron chi connectivity index (χ3n) is 4.26. The van der Waals surface area contributed by atoms with Crippen LogP contribution in [0, 0.1) is 0 Å². The number of piperidine rings is 1. The van der Waals surface area contributed by atoms with E-state index in [2.05, 4.69) is 20.5 Å². The number of carbonyl (C=O) groups is 1. The summed E-state index contributed by atoms with van der Waals surface area (Å²) in [6, 6.07) is 3.91. The average molecular weight is 377 g/mol. The Morgan fingerprint density at radius 3 is 2.83 bits per heavy atom. The molecule has 2 saturated heterocycles. The Hall–Kier alpha value is -1.08. The number of hydrogen-bond donors (Lipinski definition) is 2. The van der Waals surface area contributed by atoms with E-state index in [1.54, 1.807) is 6.20 Å². The summed E-state index contributed by atoms with van der Waals surface area (Å²) in [4.78, 5) is 19.0. The summed E-state index contributed by atoms with van der Waals surface area (Å²) in [5.74, 6) is 1.05. The first kappa shape index (κ1) is 21.0. The second kappa shape index (κ2) is 10.7. The quantitative estimate of drug-likeness (QED) is 0.833. The predicted molar refractivity (Wildman–Crippen MR) is 99.3 cm³/mol. The van der Waals surface area contributed by atoms with E-state index < -0.39 is 0 Å². The van der Waals surface area contributed by atoms with Crippen LogP contribution in [0.5, 0.6) is 0 Å². The summed E-state index contributed by atoms with van der Waals surface area (Å²) in [5, 5.41) is 6.33. The zero-order valence-corrected chi connectivity index (χ0v) is 15.3. The summed E-state index contributed by atoms with van der Waals surface area (Å²) in [7, 11) is 0. The molecule has 8 heteroatoms. The molecule has 136 valence electrons. The lowest BCUT2D eigenvalue weighted by molar-refractivity contribution is -0.123. The first-order valence-electron chi connectivity index (χ1n) is 8.12. The molecule has 6 nitrogen and oxygen atoms in total. The molecular formula is C16H26Cl2N4O2. The van der Waals surface area contributed by atoms with Gasteiger partial charge in [-0.3, -0.25) is 4.79 Å². The van der Waals surface area contributed by atoms with Crippen molar-refractivity contribution in [1.29, 1.82) is 0 Å². The Bertz CT molecular complexity index is 507. The molecule has 0 bridgehead atoms. The number of hydrogen-bond acceptors (Lipinski definition) is 5. The molecule has 24 heavy (non-hydrogen) atoms. The smallest absolute Gasteiger partial charge is 0.237 e. The van der Waals surface area contributed by atoms with Crippen LogP contribution in [-0.4, -0.2) is 49.8 Å². The van der Waals surface area contributed by atoms with E-state index in [1.807, 2.05) is 12.1 Å². The highest BCUT2D eigenvalue weighted by molar-refractivity contribution is 5.85. The number of carbonyl (C=O) groups excluding carboxylic acids is 1. The van der Waals surface area contributed by atoms with Crippen LogP contribution in [0.3, 0.4) is 0 Å². The number of aromatic nitrogens is 1. The van der Waals surface area contributed by atoms with Crippen molar-refractivity contribution in [2.45, 2.75) is 31.8 Å². The van der Waals surface area contributed by atoms with E-state index >= 15 is 0 Å². The summed E-state index contributed by atoms with van der Waals surface area (Å²) in [6.45, 7) is 4.62. The molecule has 1 aromatic rings. The zero-order chi connectivity index (χ0) is 15.2. The maximum absolute atomic E-state index is 12.2. The van der Waals surface area contributed by atoms with Gasteiger partial charge in [0, 0.05) is 31.4 Å². The summed E-state index contributed by atoms with van der Waals surface area (Å²) in [5.41, 5.74) is 1.06. The Balaban J connectivity index is 0.00000144. The van der Waals surface area contributed by atoms with Crippen molar-refractivity contribution in [3.63, 3.8) is 0 Å². The zero-order valence-electron chi connectivity index (χ0n) is 13.7. The van der Waals surface area contributed by atoms with Gasteiger partial charge in [0.05, 0.1) is 19.3 Å². The molecule has 3 heterocycles. The first-order chi connectivity index (χ1) is 10.8. The number of halogens is 2. The predicted octanol–water partition coefficient (Wildman–Crippen LogP) is 1.52. The van der Waals surface area contributed by atoms with Gasteiger partial charge < -0.3 is 20.3 Å². The number of anilines is 1. The molecule has 0 saturated carbocycles. The van der Waals surface area contributed by atoms with E-state index in [1.165, 1.54) is 0 Å². The van der Waals surface area contributed by atoms with Crippen LogP contribution >= 0.6 is 24.8 Å². The van der Waals surface area contributed by atoms with Crippen LogP contribution in [-0.2, 0) is 16.1 Å². The van der Waals surface area contributed by atoms with Gasteiger partial charge in [-0.2, -0.15) is 0 Å². The summed E-state index contributed by atoms with van der Waals surface area (Å²) in [6.07, 6.45) is 5.01. The average Bonchev–Trinajstić information content (AvgIpc) is 2.61. The van der Waals surface area contributed by atoms with Crippen molar-refractivity contribution in [3.8, 4) is 0 Å². The van der Waals surface area contributed by atoms with Gasteiger partial charge in [-0.05, 0) is 25.5 Å². The molecule has 2 N–H and O–H groups in total. The molecule has 1 atom stereocenters. The number of rotatable bonds is 4. The molecule has 2 aliphatic rings. The lowest BCUT2D eigenvalue weighted by Crippen LogP contribution is -2.46. The minimum atomic E-state index is -0.0442. The number of ether oxygens (including phenoxy) is 1. The molecule has 3 rings (SSSR count). The van der Waals surface area contributed by atoms with Gasteiger partial charge in [0.2, 0.25) is 5.91 Å². The minimum Gasteiger partial charge on any atom is -0.378 e. The number of nitrogens with one attached hydrogen (secondary N) is 2. The van der Waals surface area contributed by atoms with Crippen molar-refractivity contribution in [2.24, 2.45) is 0 Å². The van der Waals surface area contributed by atoms with Crippen LogP contribution in [0.15, 0.2) is 18.3 Å². The minimum absolute atomic E-state index is 0. The van der Waals surface area contributed by atoms with E-state index in [9.17, 15) is 4.79 Å². The molecule has 1 amide bonds. The fourth-order valence-corrected chi connectivity index (χ4v) is 3.01. The van der Waals surface area contributed by atoms with Crippen LogP contribution in [0.2, 0.25) is 0 Å². The van der Waals surface area contributed by atoms with Gasteiger partial charge in [-0.1, -0.05) is 12.5 Å².